The molecule has 0 unspecified atom stereocenters. The van der Waals surface area contributed by atoms with Gasteiger partial charge in [0, 0.05) is 29.7 Å². The van der Waals surface area contributed by atoms with Gasteiger partial charge in [-0.05, 0) is 37.6 Å². The van der Waals surface area contributed by atoms with E-state index in [0.717, 1.165) is 0 Å². The van der Waals surface area contributed by atoms with Gasteiger partial charge in [0.05, 0.1) is 31.4 Å². The number of nitrogens with zero attached hydrogens (tertiary/aromatic N) is 1. The molecule has 0 aromatic heterocycles. The highest BCUT2D eigenvalue weighted by atomic mass is 31.2. The molecule has 0 aliphatic carbocycles. The van der Waals surface area contributed by atoms with Crippen molar-refractivity contribution in [1.82, 2.24) is 5.32 Å². The minimum atomic E-state index is -3.31. The number of carboxylic acid groups (broad SMARTS) is 1. The van der Waals surface area contributed by atoms with Gasteiger partial charge in [-0.25, -0.2) is 4.79 Å². The molecular formula is C22H27N2O9P. The van der Waals surface area contributed by atoms with Crippen molar-refractivity contribution in [2.45, 2.75) is 32.5 Å². The van der Waals surface area contributed by atoms with Crippen LogP contribution < -0.4 is 10.1 Å². The molecule has 0 aliphatic rings. The molecule has 2 N–H and O–H groups in total. The van der Waals surface area contributed by atoms with Crippen molar-refractivity contribution < 1.29 is 38.0 Å². The third-order valence-corrected chi connectivity index (χ3v) is 6.80. The van der Waals surface area contributed by atoms with Gasteiger partial charge in [0.25, 0.3) is 11.6 Å². The molecule has 0 spiro atoms. The number of amides is 1. The fraction of sp³-hybridized carbons (Fsp3) is 0.364. The van der Waals surface area contributed by atoms with Crippen LogP contribution >= 0.6 is 7.60 Å². The van der Waals surface area contributed by atoms with Gasteiger partial charge in [-0.1, -0.05) is 12.1 Å². The maximum atomic E-state index is 12.7. The van der Waals surface area contributed by atoms with Crippen molar-refractivity contribution in [2.24, 2.45) is 0 Å². The van der Waals surface area contributed by atoms with Gasteiger partial charge >= 0.3 is 13.6 Å². The van der Waals surface area contributed by atoms with Crippen molar-refractivity contribution in [1.29, 1.82) is 0 Å². The number of hydrogen-bond acceptors (Lipinski definition) is 8. The van der Waals surface area contributed by atoms with Gasteiger partial charge in [0.1, 0.15) is 11.8 Å². The molecule has 2 rings (SSSR count). The molecule has 184 valence electrons. The summed E-state index contributed by atoms with van der Waals surface area (Å²) in [5, 5.41) is 23.1. The van der Waals surface area contributed by atoms with Gasteiger partial charge in [-0.2, -0.15) is 0 Å². The van der Waals surface area contributed by atoms with Gasteiger partial charge in [0.15, 0.2) is 0 Å². The Kier molecular flexibility index (Phi) is 9.73. The average molecular weight is 494 g/mol. The number of carboxylic acids is 1. The number of aliphatic carboxylic acids is 1. The number of nitro groups is 1. The molecule has 0 bridgehead atoms. The average Bonchev–Trinajstić information content (AvgIpc) is 2.79. The highest BCUT2D eigenvalue weighted by molar-refractivity contribution is 7.53. The minimum absolute atomic E-state index is 0.0287. The summed E-state index contributed by atoms with van der Waals surface area (Å²) >= 11 is 0. The first kappa shape index (κ1) is 27.0. The molecule has 0 radical (unpaired) electrons. The predicted octanol–water partition coefficient (Wildman–Crippen LogP) is 3.80. The van der Waals surface area contributed by atoms with Crippen LogP contribution in [0.4, 0.5) is 5.69 Å². The summed E-state index contributed by atoms with van der Waals surface area (Å²) in [5.41, 5.74) is 0.849. The standard InChI is InChI=1S/C22H27N2O9P/c1-4-32-34(30,33-5-2)14-15-6-8-16(9-7-15)21(25)23-19(22(26)27)13-17-12-18(24(28)29)10-11-20(17)31-3/h6-12,19H,4-5,13-14H2,1-3H3,(H,23,25)(H,26,27)/t19-/m1/s1. The van der Waals surface area contributed by atoms with Crippen molar-refractivity contribution in [3.63, 3.8) is 0 Å². The zero-order chi connectivity index (χ0) is 25.3. The molecule has 0 aliphatic heterocycles. The molecule has 0 saturated heterocycles. The van der Waals surface area contributed by atoms with E-state index in [-0.39, 0.29) is 48.4 Å². The van der Waals surface area contributed by atoms with Crippen LogP contribution in [0.15, 0.2) is 42.5 Å². The summed E-state index contributed by atoms with van der Waals surface area (Å²) in [6.07, 6.45) is -0.198. The topological polar surface area (TPSA) is 154 Å². The molecule has 1 atom stereocenters. The molecule has 2 aromatic carbocycles. The summed E-state index contributed by atoms with van der Waals surface area (Å²) in [6.45, 7) is 3.87. The summed E-state index contributed by atoms with van der Waals surface area (Å²) in [7, 11) is -1.95. The Morgan fingerprint density at radius 3 is 2.24 bits per heavy atom. The van der Waals surface area contributed by atoms with E-state index in [1.54, 1.807) is 26.0 Å². The number of carbonyl (C=O) groups excluding carboxylic acids is 1. The first-order valence-corrected chi connectivity index (χ1v) is 12.2. The van der Waals surface area contributed by atoms with E-state index in [9.17, 15) is 29.4 Å². The number of nitrogens with one attached hydrogen (secondary N) is 1. The number of carbonyl (C=O) groups is 2. The number of benzene rings is 2. The van der Waals surface area contributed by atoms with E-state index >= 15 is 0 Å². The first-order chi connectivity index (χ1) is 16.1. The molecular weight excluding hydrogens is 467 g/mol. The molecule has 2 aromatic rings. The number of non-ortho nitro benzene ring substituents is 1. The second-order valence-corrected chi connectivity index (χ2v) is 9.18. The molecule has 11 nitrogen and oxygen atoms in total. The van der Waals surface area contributed by atoms with E-state index in [1.165, 1.54) is 37.4 Å². The van der Waals surface area contributed by atoms with Gasteiger partial charge < -0.3 is 24.2 Å². The van der Waals surface area contributed by atoms with E-state index < -0.39 is 30.4 Å². The Balaban J connectivity index is 2.16. The summed E-state index contributed by atoms with van der Waals surface area (Å²) in [4.78, 5) is 34.9. The van der Waals surface area contributed by atoms with Crippen LogP contribution in [-0.2, 0) is 31.0 Å². The van der Waals surface area contributed by atoms with Crippen LogP contribution in [0.2, 0.25) is 0 Å². The van der Waals surface area contributed by atoms with Crippen LogP contribution in [-0.4, -0.2) is 48.3 Å². The van der Waals surface area contributed by atoms with Gasteiger partial charge in [-0.15, -0.1) is 0 Å². The van der Waals surface area contributed by atoms with E-state index in [1.807, 2.05) is 0 Å². The zero-order valence-electron chi connectivity index (χ0n) is 19.1. The van der Waals surface area contributed by atoms with Gasteiger partial charge in [-0.3, -0.25) is 19.5 Å². The number of nitro benzene ring substituents is 1. The Hall–Kier alpha value is -3.27. The second kappa shape index (κ2) is 12.3. The van der Waals surface area contributed by atoms with Gasteiger partial charge in [0.2, 0.25) is 0 Å². The van der Waals surface area contributed by atoms with E-state index in [4.69, 9.17) is 13.8 Å². The highest BCUT2D eigenvalue weighted by Crippen LogP contribution is 2.51. The zero-order valence-corrected chi connectivity index (χ0v) is 19.9. The van der Waals surface area contributed by atoms with E-state index in [0.29, 0.717) is 5.56 Å². The summed E-state index contributed by atoms with van der Waals surface area (Å²) < 4.78 is 28.4. The van der Waals surface area contributed by atoms with Crippen molar-refractivity contribution in [3.05, 3.63) is 69.3 Å². The predicted molar refractivity (Wildman–Crippen MR) is 123 cm³/mol. The van der Waals surface area contributed by atoms with Crippen LogP contribution in [0.3, 0.4) is 0 Å². The van der Waals surface area contributed by atoms with Crippen LogP contribution in [0.5, 0.6) is 5.75 Å². The minimum Gasteiger partial charge on any atom is -0.496 e. The molecule has 12 heteroatoms. The maximum absolute atomic E-state index is 12.7. The lowest BCUT2D eigenvalue weighted by molar-refractivity contribution is -0.384. The quantitative estimate of drug-likeness (QED) is 0.240. The Morgan fingerprint density at radius 1 is 1.12 bits per heavy atom. The molecule has 0 saturated carbocycles. The number of rotatable bonds is 13. The monoisotopic (exact) mass is 494 g/mol. The van der Waals surface area contributed by atoms with Crippen LogP contribution in [0.25, 0.3) is 0 Å². The number of methoxy groups -OCH3 is 1. The maximum Gasteiger partial charge on any atom is 0.335 e. The van der Waals surface area contributed by atoms with Crippen molar-refractivity contribution >= 4 is 25.2 Å². The van der Waals surface area contributed by atoms with Crippen LogP contribution in [0.1, 0.15) is 35.3 Å². The van der Waals surface area contributed by atoms with Crippen LogP contribution in [0, 0.1) is 10.1 Å². The Labute approximate surface area is 196 Å². The fourth-order valence-corrected chi connectivity index (χ4v) is 4.91. The molecule has 1 amide bonds. The summed E-state index contributed by atoms with van der Waals surface area (Å²) in [5.74, 6) is -1.70. The third kappa shape index (κ3) is 7.38. The smallest absolute Gasteiger partial charge is 0.335 e. The molecule has 0 heterocycles. The first-order valence-electron chi connectivity index (χ1n) is 10.4. The fourth-order valence-electron chi connectivity index (χ4n) is 3.21. The summed E-state index contributed by atoms with van der Waals surface area (Å²) in [6, 6.07) is 8.58. The van der Waals surface area contributed by atoms with Crippen molar-refractivity contribution in [2.75, 3.05) is 20.3 Å². The number of ether oxygens (including phenoxy) is 1. The Morgan fingerprint density at radius 2 is 1.74 bits per heavy atom. The lowest BCUT2D eigenvalue weighted by Gasteiger charge is -2.18. The normalized spacial score (nSPS) is 12.1. The lowest BCUT2D eigenvalue weighted by atomic mass is 10.0. The van der Waals surface area contributed by atoms with E-state index in [2.05, 4.69) is 5.32 Å². The second-order valence-electron chi connectivity index (χ2n) is 7.12. The number of hydrogen-bond donors (Lipinski definition) is 2. The molecule has 0 fully saturated rings. The Bertz CT molecular complexity index is 1060. The largest absolute Gasteiger partial charge is 0.496 e. The SMILES string of the molecule is CCOP(=O)(Cc1ccc(C(=O)N[C@H](Cc2cc([N+](=O)[O-])ccc2OC)C(=O)O)cc1)OCC. The van der Waals surface area contributed by atoms with Crippen molar-refractivity contribution in [3.8, 4) is 5.75 Å². The lowest BCUT2D eigenvalue weighted by Crippen LogP contribution is -2.42. The third-order valence-electron chi connectivity index (χ3n) is 4.75. The molecule has 34 heavy (non-hydrogen) atoms. The highest BCUT2D eigenvalue weighted by Gasteiger charge is 2.26.